The quantitative estimate of drug-likeness (QED) is 0.0514. The maximum absolute atomic E-state index is 12.0. The van der Waals surface area contributed by atoms with Crippen LogP contribution in [-0.4, -0.2) is 84.6 Å². The minimum atomic E-state index is -0.510. The number of pyridine rings is 3. The Balaban J connectivity index is 0.000000161. The van der Waals surface area contributed by atoms with Crippen molar-refractivity contribution < 1.29 is 57.2 Å². The third kappa shape index (κ3) is 11.8. The van der Waals surface area contributed by atoms with Crippen molar-refractivity contribution in [3.63, 3.8) is 0 Å². The predicted molar refractivity (Wildman–Crippen MR) is 247 cm³/mol. The molecular weight excluding hydrogens is 903 g/mol. The Morgan fingerprint density at radius 1 is 0.609 bits per heavy atom. The Hall–Kier alpha value is -6.41. The molecular formula is C45H43N3O12S4. The highest BCUT2D eigenvalue weighted by Gasteiger charge is 2.28. The van der Waals surface area contributed by atoms with E-state index < -0.39 is 11.9 Å². The number of Topliss-reactive ketones (excluding diaryl/α,β-unsaturated/α-hetero) is 1. The molecule has 8 rings (SSSR count). The molecule has 64 heavy (non-hydrogen) atoms. The standard InChI is InChI=1S/C12H12O3S.C11H9NO4S.C11H11NO3S.C11H11NO2S/c1-3-15-12(14)9-5-4-8-7(2)6-16-11(8)10(9)13;1-2-15-11(14)7-3-9-10(12-4-7)8(5-17-9)16-6-13;1-3-15-11(13)7-4-9-10(12-5-7)8(14-2)6-16-9;1-3-14-11(13)8-4-9-10(12-5-8)7(2)6-15-9/h5-6H,3-4H2,1-2H3;3-6H,2H2,1H3;4-6H,3H2,1-2H3;4-6H,3H2,1-2H3. The number of allylic oxidation sites excluding steroid dienone is 1. The number of aromatic nitrogens is 3. The van der Waals surface area contributed by atoms with Gasteiger partial charge >= 0.3 is 23.9 Å². The van der Waals surface area contributed by atoms with Crippen molar-refractivity contribution in [3.8, 4) is 11.5 Å². The number of methoxy groups -OCH3 is 1. The molecule has 19 heteroatoms. The van der Waals surface area contributed by atoms with E-state index in [9.17, 15) is 28.8 Å². The van der Waals surface area contributed by atoms with E-state index in [1.54, 1.807) is 75.9 Å². The lowest BCUT2D eigenvalue weighted by Crippen LogP contribution is -2.19. The molecule has 0 bridgehead atoms. The number of rotatable bonds is 11. The second-order valence-electron chi connectivity index (χ2n) is 13.0. The van der Waals surface area contributed by atoms with Gasteiger partial charge in [0, 0.05) is 29.4 Å². The SMILES string of the molecule is CCOC(=O)C1=CCc2c(C)csc2C1=O.CCOC(=O)c1cnc2c(C)csc2c1.CCOC(=O)c1cnc2c(OC)csc2c1.CCOC(=O)c1cnc2c(OC=O)csc2c1. The smallest absolute Gasteiger partial charge is 0.341 e. The average Bonchev–Trinajstić information content (AvgIpc) is 4.10. The lowest BCUT2D eigenvalue weighted by Gasteiger charge is -2.11. The maximum Gasteiger partial charge on any atom is 0.341 e. The van der Waals surface area contributed by atoms with Crippen LogP contribution in [0.1, 0.15) is 85.1 Å². The van der Waals surface area contributed by atoms with Gasteiger partial charge in [0.2, 0.25) is 5.78 Å². The van der Waals surface area contributed by atoms with Crippen LogP contribution in [0.15, 0.2) is 70.0 Å². The van der Waals surface area contributed by atoms with E-state index in [1.807, 2.05) is 36.1 Å². The molecule has 15 nitrogen and oxygen atoms in total. The summed E-state index contributed by atoms with van der Waals surface area (Å²) in [5, 5.41) is 7.52. The first-order valence-electron chi connectivity index (χ1n) is 19.6. The molecule has 0 amide bonds. The lowest BCUT2D eigenvalue weighted by atomic mass is 9.95. The van der Waals surface area contributed by atoms with E-state index in [-0.39, 0.29) is 23.3 Å². The van der Waals surface area contributed by atoms with E-state index in [0.29, 0.717) is 72.2 Å². The van der Waals surface area contributed by atoms with E-state index in [2.05, 4.69) is 15.0 Å². The summed E-state index contributed by atoms with van der Waals surface area (Å²) in [6.07, 6.45) is 6.80. The Kier molecular flexibility index (Phi) is 17.7. The van der Waals surface area contributed by atoms with Crippen LogP contribution in [0.25, 0.3) is 30.6 Å². The summed E-state index contributed by atoms with van der Waals surface area (Å²) in [7, 11) is 1.60. The number of esters is 4. The molecule has 1 aliphatic rings. The summed E-state index contributed by atoms with van der Waals surface area (Å²) >= 11 is 5.84. The van der Waals surface area contributed by atoms with Gasteiger partial charge < -0.3 is 28.4 Å². The Bertz CT molecular complexity index is 2840. The zero-order valence-corrected chi connectivity index (χ0v) is 39.1. The highest BCUT2D eigenvalue weighted by molar-refractivity contribution is 7.18. The molecule has 7 aromatic rings. The molecule has 7 heterocycles. The normalized spacial score (nSPS) is 11.4. The summed E-state index contributed by atoms with van der Waals surface area (Å²) < 4.78 is 32.2. The highest BCUT2D eigenvalue weighted by Crippen LogP contribution is 2.33. The van der Waals surface area contributed by atoms with Crippen LogP contribution in [-0.2, 0) is 35.0 Å². The number of aryl methyl sites for hydroxylation is 2. The fourth-order valence-electron chi connectivity index (χ4n) is 5.80. The molecule has 0 saturated heterocycles. The molecule has 0 N–H and O–H groups in total. The number of carbonyl (C=O) groups is 6. The average molecular weight is 946 g/mol. The van der Waals surface area contributed by atoms with Gasteiger partial charge in [-0.25, -0.2) is 19.2 Å². The molecule has 334 valence electrons. The van der Waals surface area contributed by atoms with Gasteiger partial charge in [-0.1, -0.05) is 6.08 Å². The molecule has 0 aliphatic heterocycles. The molecule has 0 unspecified atom stereocenters. The van der Waals surface area contributed by atoms with Crippen LogP contribution in [0.5, 0.6) is 11.5 Å². The van der Waals surface area contributed by atoms with Crippen LogP contribution >= 0.6 is 45.3 Å². The van der Waals surface area contributed by atoms with Crippen LogP contribution in [0.4, 0.5) is 0 Å². The monoisotopic (exact) mass is 945 g/mol. The number of fused-ring (bicyclic) bond motifs is 4. The van der Waals surface area contributed by atoms with Crippen molar-refractivity contribution in [3.05, 3.63) is 108 Å². The first kappa shape index (κ1) is 48.6. The molecule has 7 aromatic heterocycles. The van der Waals surface area contributed by atoms with Gasteiger partial charge in [0.25, 0.3) is 6.47 Å². The van der Waals surface area contributed by atoms with Gasteiger partial charge in [0.05, 0.1) is 74.7 Å². The van der Waals surface area contributed by atoms with Gasteiger partial charge in [-0.2, -0.15) is 0 Å². The lowest BCUT2D eigenvalue weighted by molar-refractivity contribution is -0.138. The number of ether oxygens (including phenoxy) is 6. The van der Waals surface area contributed by atoms with E-state index in [0.717, 1.165) is 47.6 Å². The third-order valence-electron chi connectivity index (χ3n) is 8.84. The fraction of sp³-hybridized carbons (Fsp3) is 0.267. The van der Waals surface area contributed by atoms with Crippen molar-refractivity contribution in [2.24, 2.45) is 0 Å². The number of ketones is 1. The van der Waals surface area contributed by atoms with Crippen LogP contribution in [0, 0.1) is 13.8 Å². The number of nitrogens with zero attached hydrogens (tertiary/aromatic N) is 3. The second-order valence-corrected chi connectivity index (χ2v) is 16.6. The van der Waals surface area contributed by atoms with Gasteiger partial charge in [-0.3, -0.25) is 24.5 Å². The zero-order chi connectivity index (χ0) is 46.3. The Morgan fingerprint density at radius 3 is 1.55 bits per heavy atom. The summed E-state index contributed by atoms with van der Waals surface area (Å²) in [5.41, 5.74) is 7.17. The van der Waals surface area contributed by atoms with Crippen molar-refractivity contribution >= 4 is 112 Å². The van der Waals surface area contributed by atoms with Crippen LogP contribution in [0.3, 0.4) is 0 Å². The van der Waals surface area contributed by atoms with Crippen molar-refractivity contribution in [2.75, 3.05) is 33.5 Å². The molecule has 0 atom stereocenters. The van der Waals surface area contributed by atoms with Gasteiger partial charge in [0.15, 0.2) is 11.5 Å². The highest BCUT2D eigenvalue weighted by atomic mass is 32.1. The number of hydrogen-bond donors (Lipinski definition) is 0. The third-order valence-corrected chi connectivity index (χ3v) is 12.8. The Labute approximate surface area is 383 Å². The van der Waals surface area contributed by atoms with E-state index in [1.165, 1.54) is 46.4 Å². The molecule has 0 fully saturated rings. The first-order chi connectivity index (χ1) is 30.9. The molecule has 0 radical (unpaired) electrons. The predicted octanol–water partition coefficient (Wildman–Crippen LogP) is 9.56. The van der Waals surface area contributed by atoms with Gasteiger partial charge in [0.1, 0.15) is 16.6 Å². The van der Waals surface area contributed by atoms with Gasteiger partial charge in [-0.05, 0) is 93.6 Å². The van der Waals surface area contributed by atoms with E-state index >= 15 is 0 Å². The largest absolute Gasteiger partial charge is 0.494 e. The second kappa shape index (κ2) is 23.3. The van der Waals surface area contributed by atoms with Gasteiger partial charge in [-0.15, -0.1) is 45.3 Å². The molecule has 0 saturated carbocycles. The summed E-state index contributed by atoms with van der Waals surface area (Å²) in [6.45, 7) is 12.7. The minimum Gasteiger partial charge on any atom is -0.494 e. The zero-order valence-electron chi connectivity index (χ0n) is 35.8. The molecule has 0 spiro atoms. The van der Waals surface area contributed by atoms with Crippen molar-refractivity contribution in [2.45, 2.75) is 48.0 Å². The molecule has 0 aromatic carbocycles. The van der Waals surface area contributed by atoms with Crippen LogP contribution < -0.4 is 9.47 Å². The topological polar surface area (TPSA) is 196 Å². The number of hydrogen-bond acceptors (Lipinski definition) is 19. The summed E-state index contributed by atoms with van der Waals surface area (Å²) in [6, 6.07) is 5.27. The minimum absolute atomic E-state index is 0.177. The Morgan fingerprint density at radius 2 is 1.05 bits per heavy atom. The maximum atomic E-state index is 12.0. The summed E-state index contributed by atoms with van der Waals surface area (Å²) in [4.78, 5) is 81.4. The van der Waals surface area contributed by atoms with Crippen molar-refractivity contribution in [1.82, 2.24) is 15.0 Å². The van der Waals surface area contributed by atoms with Crippen molar-refractivity contribution in [1.29, 1.82) is 0 Å². The summed E-state index contributed by atoms with van der Waals surface area (Å²) in [5.74, 6) is -0.636. The van der Waals surface area contributed by atoms with Crippen LogP contribution in [0.2, 0.25) is 0 Å². The fourth-order valence-corrected chi connectivity index (χ4v) is 9.54. The van der Waals surface area contributed by atoms with E-state index in [4.69, 9.17) is 28.4 Å². The number of carbonyl (C=O) groups excluding carboxylic acids is 6. The molecule has 1 aliphatic carbocycles. The number of thiophene rings is 4. The first-order valence-corrected chi connectivity index (χ1v) is 23.1.